The zero-order valence-electron chi connectivity index (χ0n) is 11.6. The third-order valence-corrected chi connectivity index (χ3v) is 3.40. The molecule has 0 heterocycles. The summed E-state index contributed by atoms with van der Waals surface area (Å²) < 4.78 is 5.06. The number of hydrogen-bond acceptors (Lipinski definition) is 3. The maximum atomic E-state index is 12.6. The van der Waals surface area contributed by atoms with Crippen LogP contribution in [0.25, 0.3) is 0 Å². The lowest BCUT2D eigenvalue weighted by molar-refractivity contribution is 0.0615. The first kappa shape index (κ1) is 15.8. The van der Waals surface area contributed by atoms with Crippen molar-refractivity contribution in [2.75, 3.05) is 26.0 Å². The van der Waals surface area contributed by atoms with Crippen molar-refractivity contribution in [2.45, 2.75) is 26.3 Å². The number of anilines is 1. The van der Waals surface area contributed by atoms with E-state index in [0.29, 0.717) is 29.4 Å². The van der Waals surface area contributed by atoms with Crippen LogP contribution in [0.1, 0.15) is 30.6 Å². The molecule has 0 aromatic heterocycles. The quantitative estimate of drug-likeness (QED) is 0.817. The number of nitrogens with zero attached hydrogens (tertiary/aromatic N) is 1. The zero-order valence-corrected chi connectivity index (χ0v) is 12.4. The molecule has 0 aliphatic carbocycles. The van der Waals surface area contributed by atoms with Gasteiger partial charge in [-0.2, -0.15) is 0 Å². The van der Waals surface area contributed by atoms with Crippen LogP contribution in [0.5, 0.6) is 0 Å². The highest BCUT2D eigenvalue weighted by molar-refractivity contribution is 6.31. The normalized spacial score (nSPS) is 12.2. The van der Waals surface area contributed by atoms with E-state index in [1.165, 1.54) is 0 Å². The molecular formula is C14H21ClN2O2. The number of benzene rings is 1. The molecule has 1 unspecified atom stereocenters. The van der Waals surface area contributed by atoms with E-state index in [-0.39, 0.29) is 11.9 Å². The fraction of sp³-hybridized carbons (Fsp3) is 0.500. The summed E-state index contributed by atoms with van der Waals surface area (Å²) in [6, 6.07) is 5.07. The highest BCUT2D eigenvalue weighted by Crippen LogP contribution is 2.21. The Morgan fingerprint density at radius 2 is 2.21 bits per heavy atom. The topological polar surface area (TPSA) is 55.6 Å². The molecule has 1 aromatic carbocycles. The molecule has 0 bridgehead atoms. The van der Waals surface area contributed by atoms with Gasteiger partial charge < -0.3 is 15.4 Å². The lowest BCUT2D eigenvalue weighted by Gasteiger charge is -2.29. The molecule has 4 nitrogen and oxygen atoms in total. The Morgan fingerprint density at radius 1 is 1.53 bits per heavy atom. The maximum absolute atomic E-state index is 12.6. The van der Waals surface area contributed by atoms with Crippen molar-refractivity contribution in [1.82, 2.24) is 4.90 Å². The van der Waals surface area contributed by atoms with Crippen LogP contribution in [0.15, 0.2) is 18.2 Å². The molecule has 0 aliphatic rings. The predicted octanol–water partition coefficient (Wildman–Crippen LogP) is 2.81. The first-order chi connectivity index (χ1) is 9.01. The third kappa shape index (κ3) is 4.11. The van der Waals surface area contributed by atoms with Crippen LogP contribution < -0.4 is 5.73 Å². The van der Waals surface area contributed by atoms with E-state index >= 15 is 0 Å². The second-order valence-electron chi connectivity index (χ2n) is 4.48. The minimum absolute atomic E-state index is 0.105. The molecule has 19 heavy (non-hydrogen) atoms. The molecular weight excluding hydrogens is 264 g/mol. The van der Waals surface area contributed by atoms with Gasteiger partial charge in [0.05, 0.1) is 12.2 Å². The van der Waals surface area contributed by atoms with E-state index in [1.54, 1.807) is 30.2 Å². The van der Waals surface area contributed by atoms with Crippen molar-refractivity contribution in [3.63, 3.8) is 0 Å². The van der Waals surface area contributed by atoms with Crippen molar-refractivity contribution >= 4 is 23.2 Å². The molecule has 106 valence electrons. The summed E-state index contributed by atoms with van der Waals surface area (Å²) in [5.41, 5.74) is 6.75. The van der Waals surface area contributed by atoms with E-state index in [9.17, 15) is 4.79 Å². The molecule has 1 rings (SSSR count). The number of carbonyl (C=O) groups is 1. The van der Waals surface area contributed by atoms with Crippen molar-refractivity contribution in [3.8, 4) is 0 Å². The number of nitrogens with two attached hydrogens (primary N) is 1. The smallest absolute Gasteiger partial charge is 0.256 e. The molecule has 2 N–H and O–H groups in total. The van der Waals surface area contributed by atoms with Gasteiger partial charge in [-0.1, -0.05) is 18.5 Å². The predicted molar refractivity (Wildman–Crippen MR) is 78.5 cm³/mol. The molecule has 0 spiro atoms. The summed E-state index contributed by atoms with van der Waals surface area (Å²) in [6.45, 7) is 5.08. The van der Waals surface area contributed by atoms with Gasteiger partial charge in [-0.05, 0) is 31.5 Å². The summed E-state index contributed by atoms with van der Waals surface area (Å²) in [5, 5.41) is 0.508. The van der Waals surface area contributed by atoms with Crippen LogP contribution in [0.4, 0.5) is 5.69 Å². The molecule has 0 saturated heterocycles. The summed E-state index contributed by atoms with van der Waals surface area (Å²) in [7, 11) is 1.62. The summed E-state index contributed by atoms with van der Waals surface area (Å²) >= 11 is 5.93. The Kier molecular flexibility index (Phi) is 6.12. The van der Waals surface area contributed by atoms with E-state index < -0.39 is 0 Å². The Hall–Kier alpha value is -1.26. The summed E-state index contributed by atoms with van der Waals surface area (Å²) in [4.78, 5) is 14.3. The van der Waals surface area contributed by atoms with Crippen LogP contribution in [0.2, 0.25) is 5.02 Å². The number of nitrogen functional groups attached to an aromatic ring is 1. The zero-order chi connectivity index (χ0) is 14.4. The first-order valence-electron chi connectivity index (χ1n) is 6.36. The first-order valence-corrected chi connectivity index (χ1v) is 6.74. The SMILES string of the molecule is CCC(C)N(CCOC)C(=O)c1cc(Cl)ccc1N. The average molecular weight is 285 g/mol. The number of ether oxygens (including phenoxy) is 1. The number of halogens is 1. The van der Waals surface area contributed by atoms with E-state index in [2.05, 4.69) is 0 Å². The Morgan fingerprint density at radius 3 is 2.79 bits per heavy atom. The van der Waals surface area contributed by atoms with Crippen LogP contribution in [0.3, 0.4) is 0 Å². The number of amides is 1. The lowest BCUT2D eigenvalue weighted by Crippen LogP contribution is -2.40. The molecule has 5 heteroatoms. The van der Waals surface area contributed by atoms with E-state index in [0.717, 1.165) is 6.42 Å². The van der Waals surface area contributed by atoms with Gasteiger partial charge in [0.25, 0.3) is 5.91 Å². The number of rotatable bonds is 6. The Bertz CT molecular complexity index is 437. The Balaban J connectivity index is 3.00. The van der Waals surface area contributed by atoms with Gasteiger partial charge in [0, 0.05) is 30.4 Å². The molecule has 0 fully saturated rings. The molecule has 1 aromatic rings. The van der Waals surface area contributed by atoms with Crippen LogP contribution in [-0.2, 0) is 4.74 Å². The van der Waals surface area contributed by atoms with Crippen molar-refractivity contribution in [2.24, 2.45) is 0 Å². The van der Waals surface area contributed by atoms with Crippen molar-refractivity contribution in [3.05, 3.63) is 28.8 Å². The largest absolute Gasteiger partial charge is 0.398 e. The van der Waals surface area contributed by atoms with Crippen LogP contribution >= 0.6 is 11.6 Å². The molecule has 0 radical (unpaired) electrons. The van der Waals surface area contributed by atoms with Gasteiger partial charge in [0.15, 0.2) is 0 Å². The minimum atomic E-state index is -0.105. The van der Waals surface area contributed by atoms with Crippen LogP contribution in [-0.4, -0.2) is 37.1 Å². The van der Waals surface area contributed by atoms with Gasteiger partial charge in [0.1, 0.15) is 0 Å². The average Bonchev–Trinajstić information content (AvgIpc) is 2.41. The standard InChI is InChI=1S/C14H21ClN2O2/c1-4-10(2)17(7-8-19-3)14(18)12-9-11(15)5-6-13(12)16/h5-6,9-10H,4,7-8,16H2,1-3H3. The minimum Gasteiger partial charge on any atom is -0.398 e. The number of methoxy groups -OCH3 is 1. The maximum Gasteiger partial charge on any atom is 0.256 e. The van der Waals surface area contributed by atoms with Gasteiger partial charge in [0.2, 0.25) is 0 Å². The lowest BCUT2D eigenvalue weighted by atomic mass is 10.1. The molecule has 1 atom stereocenters. The van der Waals surface area contributed by atoms with Gasteiger partial charge in [-0.3, -0.25) is 4.79 Å². The van der Waals surface area contributed by atoms with Gasteiger partial charge >= 0.3 is 0 Å². The fourth-order valence-corrected chi connectivity index (χ4v) is 1.97. The highest BCUT2D eigenvalue weighted by atomic mass is 35.5. The third-order valence-electron chi connectivity index (χ3n) is 3.17. The fourth-order valence-electron chi connectivity index (χ4n) is 1.80. The van der Waals surface area contributed by atoms with Gasteiger partial charge in [-0.25, -0.2) is 0 Å². The Labute approximate surface area is 119 Å². The van der Waals surface area contributed by atoms with Gasteiger partial charge in [-0.15, -0.1) is 0 Å². The van der Waals surface area contributed by atoms with E-state index in [1.807, 2.05) is 13.8 Å². The summed E-state index contributed by atoms with van der Waals surface area (Å²) in [6.07, 6.45) is 0.871. The molecule has 0 aliphatic heterocycles. The highest BCUT2D eigenvalue weighted by Gasteiger charge is 2.22. The van der Waals surface area contributed by atoms with Crippen LogP contribution in [0, 0.1) is 0 Å². The van der Waals surface area contributed by atoms with Crippen molar-refractivity contribution in [1.29, 1.82) is 0 Å². The van der Waals surface area contributed by atoms with Crippen molar-refractivity contribution < 1.29 is 9.53 Å². The monoisotopic (exact) mass is 284 g/mol. The second-order valence-corrected chi connectivity index (χ2v) is 4.92. The second kappa shape index (κ2) is 7.36. The molecule has 1 amide bonds. The number of carbonyl (C=O) groups excluding carboxylic acids is 1. The number of hydrogen-bond donors (Lipinski definition) is 1. The van der Waals surface area contributed by atoms with E-state index in [4.69, 9.17) is 22.1 Å². The summed E-state index contributed by atoms with van der Waals surface area (Å²) in [5.74, 6) is -0.105. The molecule has 0 saturated carbocycles.